The minimum absolute atomic E-state index is 0. The topological polar surface area (TPSA) is 197 Å². The molecule has 0 saturated heterocycles. The Kier molecular flexibility index (Phi) is 23.8. The predicted octanol–water partition coefficient (Wildman–Crippen LogP) is -1.88. The van der Waals surface area contributed by atoms with Crippen LogP contribution in [0.4, 0.5) is 0 Å². The number of hydrogen-bond acceptors (Lipinski definition) is 8. The van der Waals surface area contributed by atoms with Gasteiger partial charge in [0.25, 0.3) is 0 Å². The normalized spacial score (nSPS) is 8.92. The first-order valence-corrected chi connectivity index (χ1v) is 4.00. The SMILES string of the molecule is Cl.O=S(=O)([O-])[O-].O=S(=O)([O-])[O-].[Fe+3].[NH4+]. The Labute approximate surface area is 91.5 Å². The van der Waals surface area contributed by atoms with E-state index in [-0.39, 0.29) is 35.6 Å². The maximum absolute atomic E-state index is 8.52. The average molecular weight is 302 g/mol. The van der Waals surface area contributed by atoms with Crippen LogP contribution in [0.1, 0.15) is 0 Å². The third-order valence-electron chi connectivity index (χ3n) is 0. The van der Waals surface area contributed by atoms with Crippen LogP contribution in [0.3, 0.4) is 0 Å². The first-order chi connectivity index (χ1) is 4.00. The molecule has 0 aromatic carbocycles. The monoisotopic (exact) mass is 302 g/mol. The van der Waals surface area contributed by atoms with Crippen molar-refractivity contribution in [3.63, 3.8) is 0 Å². The van der Waals surface area contributed by atoms with E-state index in [0.29, 0.717) is 0 Å². The molecule has 0 aromatic rings. The molecule has 13 heavy (non-hydrogen) atoms. The van der Waals surface area contributed by atoms with Crippen molar-refractivity contribution < 1.29 is 52.1 Å². The average Bonchev–Trinajstić information content (AvgIpc) is 1.12. The van der Waals surface area contributed by atoms with Crippen LogP contribution in [0, 0.1) is 0 Å². The van der Waals surface area contributed by atoms with E-state index in [1.165, 1.54) is 0 Å². The molecule has 0 unspecified atom stereocenters. The molecule has 4 N–H and O–H groups in total. The van der Waals surface area contributed by atoms with Crippen molar-refractivity contribution in [1.82, 2.24) is 6.15 Å². The van der Waals surface area contributed by atoms with Gasteiger partial charge in [0.15, 0.2) is 0 Å². The maximum Gasteiger partial charge on any atom is 3.00 e. The van der Waals surface area contributed by atoms with Crippen molar-refractivity contribution in [2.45, 2.75) is 0 Å². The van der Waals surface area contributed by atoms with E-state index < -0.39 is 20.8 Å². The summed E-state index contributed by atoms with van der Waals surface area (Å²) >= 11 is 0. The van der Waals surface area contributed by atoms with Crippen LogP contribution in [-0.2, 0) is 37.9 Å². The zero-order valence-corrected chi connectivity index (χ0v) is 9.40. The third kappa shape index (κ3) is 5320. The van der Waals surface area contributed by atoms with E-state index in [1.807, 2.05) is 0 Å². The van der Waals surface area contributed by atoms with Gasteiger partial charge in [-0.25, -0.2) is 0 Å². The van der Waals surface area contributed by atoms with Crippen molar-refractivity contribution in [2.75, 3.05) is 0 Å². The van der Waals surface area contributed by atoms with E-state index in [0.717, 1.165) is 0 Å². The van der Waals surface area contributed by atoms with Crippen LogP contribution in [0.25, 0.3) is 0 Å². The fraction of sp³-hybridized carbons (Fsp3) is 0. The van der Waals surface area contributed by atoms with Gasteiger partial charge < -0.3 is 24.4 Å². The fourth-order valence-electron chi connectivity index (χ4n) is 0. The van der Waals surface area contributed by atoms with E-state index in [9.17, 15) is 0 Å². The standard InChI is InChI=1S/ClH.Fe.H3N.2H2O4S/c;;;2*1-5(2,3)4/h1H;;1H3;2*(H2,1,2,3,4)/q;+3;;;/p-3. The van der Waals surface area contributed by atoms with Gasteiger partial charge in [0.1, 0.15) is 0 Å². The van der Waals surface area contributed by atoms with E-state index in [1.54, 1.807) is 0 Å². The number of rotatable bonds is 0. The molecule has 13 heteroatoms. The second-order valence-corrected chi connectivity index (χ2v) is 2.45. The molecule has 9 nitrogen and oxygen atoms in total. The van der Waals surface area contributed by atoms with E-state index in [4.69, 9.17) is 35.0 Å². The van der Waals surface area contributed by atoms with Crippen molar-refractivity contribution >= 4 is 33.2 Å². The molecule has 0 aliphatic heterocycles. The summed E-state index contributed by atoms with van der Waals surface area (Å²) in [5.74, 6) is 0. The van der Waals surface area contributed by atoms with E-state index >= 15 is 0 Å². The summed E-state index contributed by atoms with van der Waals surface area (Å²) in [7, 11) is -10.3. The van der Waals surface area contributed by atoms with Gasteiger partial charge in [0.2, 0.25) is 0 Å². The van der Waals surface area contributed by atoms with Gasteiger partial charge in [-0.1, -0.05) is 0 Å². The summed E-state index contributed by atoms with van der Waals surface area (Å²) < 4.78 is 68.2. The molecule has 0 aliphatic rings. The number of quaternary nitrogens is 1. The Morgan fingerprint density at radius 2 is 0.692 bits per heavy atom. The van der Waals surface area contributed by atoms with Gasteiger partial charge in [0.05, 0.1) is 0 Å². The summed E-state index contributed by atoms with van der Waals surface area (Å²) in [6.45, 7) is 0. The third-order valence-corrected chi connectivity index (χ3v) is 0. The molecular weight excluding hydrogens is 297 g/mol. The summed E-state index contributed by atoms with van der Waals surface area (Å²) in [6.07, 6.45) is 0. The number of hydrogen-bond donors (Lipinski definition) is 1. The quantitative estimate of drug-likeness (QED) is 0.304. The second kappa shape index (κ2) is 10.6. The number of halogens is 1. The first-order valence-electron chi connectivity index (χ1n) is 1.33. The molecule has 0 atom stereocenters. The Morgan fingerprint density at radius 1 is 0.692 bits per heavy atom. The van der Waals surface area contributed by atoms with Crippen molar-refractivity contribution in [1.29, 1.82) is 0 Å². The largest absolute Gasteiger partial charge is 3.00 e. The minimum atomic E-state index is -5.17. The van der Waals surface area contributed by atoms with Crippen LogP contribution in [0.2, 0.25) is 0 Å². The van der Waals surface area contributed by atoms with Gasteiger partial charge in [-0.3, -0.25) is 16.8 Å². The molecule has 0 heterocycles. The molecule has 85 valence electrons. The van der Waals surface area contributed by atoms with Crippen LogP contribution in [0.15, 0.2) is 0 Å². The van der Waals surface area contributed by atoms with Crippen molar-refractivity contribution in [2.24, 2.45) is 0 Å². The summed E-state index contributed by atoms with van der Waals surface area (Å²) in [6, 6.07) is 0. The van der Waals surface area contributed by atoms with Gasteiger partial charge in [-0.15, -0.1) is 12.4 Å². The fourth-order valence-corrected chi connectivity index (χ4v) is 0. The summed E-state index contributed by atoms with van der Waals surface area (Å²) in [4.78, 5) is 0. The zero-order chi connectivity index (χ0) is 9.00. The molecule has 0 amide bonds. The molecule has 0 aromatic heterocycles. The van der Waals surface area contributed by atoms with Crippen LogP contribution in [0.5, 0.6) is 0 Å². The summed E-state index contributed by atoms with van der Waals surface area (Å²) in [5.41, 5.74) is 0. The van der Waals surface area contributed by atoms with Crippen LogP contribution in [-0.4, -0.2) is 35.0 Å². The molecule has 0 aliphatic carbocycles. The molecule has 0 spiro atoms. The smallest absolute Gasteiger partial charge is 0.759 e. The molecule has 0 saturated carbocycles. The minimum Gasteiger partial charge on any atom is -0.759 e. The molecule has 0 rings (SSSR count). The van der Waals surface area contributed by atoms with Gasteiger partial charge >= 0.3 is 17.1 Å². The Bertz CT molecular complexity index is 219. The van der Waals surface area contributed by atoms with Crippen LogP contribution < -0.4 is 6.15 Å². The Balaban J connectivity index is -0.0000000267. The molecule has 1 radical (unpaired) electrons. The summed E-state index contributed by atoms with van der Waals surface area (Å²) in [5, 5.41) is 0. The van der Waals surface area contributed by atoms with Crippen LogP contribution >= 0.6 is 12.4 Å². The molecular formula is H5ClFeNO8S2. The molecule has 0 bridgehead atoms. The Hall–Kier alpha value is 0.509. The Morgan fingerprint density at radius 3 is 0.692 bits per heavy atom. The zero-order valence-electron chi connectivity index (χ0n) is 5.84. The van der Waals surface area contributed by atoms with E-state index in [2.05, 4.69) is 0 Å². The molecule has 0 fully saturated rings. The predicted molar refractivity (Wildman–Crippen MR) is 34.2 cm³/mol. The van der Waals surface area contributed by atoms with Gasteiger partial charge in [-0.05, 0) is 0 Å². The maximum atomic E-state index is 8.52. The van der Waals surface area contributed by atoms with Gasteiger partial charge in [0, 0.05) is 20.8 Å². The second-order valence-electron chi connectivity index (χ2n) is 0.816. The first kappa shape index (κ1) is 29.2. The van der Waals surface area contributed by atoms with Crippen molar-refractivity contribution in [3.8, 4) is 0 Å². The van der Waals surface area contributed by atoms with Crippen molar-refractivity contribution in [3.05, 3.63) is 0 Å². The van der Waals surface area contributed by atoms with Gasteiger partial charge in [-0.2, -0.15) is 0 Å².